The second-order valence-electron chi connectivity index (χ2n) is 4.14. The number of rotatable bonds is 5. The fourth-order valence-corrected chi connectivity index (χ4v) is 2.62. The van der Waals surface area contributed by atoms with E-state index in [1.165, 1.54) is 11.7 Å². The van der Waals surface area contributed by atoms with Crippen LogP contribution >= 0.6 is 23.3 Å². The van der Waals surface area contributed by atoms with Crippen molar-refractivity contribution in [3.8, 4) is 5.75 Å². The number of anilines is 1. The number of ether oxygens (including phenoxy) is 1. The highest BCUT2D eigenvalue weighted by atomic mass is 35.5. The molecule has 20 heavy (non-hydrogen) atoms. The summed E-state index contributed by atoms with van der Waals surface area (Å²) in [6.07, 6.45) is 0. The van der Waals surface area contributed by atoms with Crippen LogP contribution in [0.1, 0.15) is 0 Å². The minimum Gasteiger partial charge on any atom is -0.492 e. The summed E-state index contributed by atoms with van der Waals surface area (Å²) in [6.45, 7) is 1.19. The van der Waals surface area contributed by atoms with Crippen LogP contribution in [0.25, 0.3) is 11.0 Å². The molecule has 0 bridgehead atoms. The van der Waals surface area contributed by atoms with Gasteiger partial charge in [0.25, 0.3) is 0 Å². The lowest BCUT2D eigenvalue weighted by molar-refractivity contribution is 0.333. The lowest BCUT2D eigenvalue weighted by atomic mass is 10.2. The molecule has 1 N–H and O–H groups in total. The van der Waals surface area contributed by atoms with E-state index in [9.17, 15) is 0 Å². The number of nitrogens with zero attached hydrogens (tertiary/aromatic N) is 2. The molecule has 6 heteroatoms. The van der Waals surface area contributed by atoms with Crippen molar-refractivity contribution in [2.45, 2.75) is 0 Å². The van der Waals surface area contributed by atoms with Gasteiger partial charge in [0.1, 0.15) is 23.4 Å². The summed E-state index contributed by atoms with van der Waals surface area (Å²) < 4.78 is 14.1. The third kappa shape index (κ3) is 2.84. The van der Waals surface area contributed by atoms with Gasteiger partial charge < -0.3 is 10.1 Å². The van der Waals surface area contributed by atoms with Crippen LogP contribution < -0.4 is 10.1 Å². The van der Waals surface area contributed by atoms with Gasteiger partial charge in [-0.3, -0.25) is 0 Å². The van der Waals surface area contributed by atoms with Crippen LogP contribution in [0.15, 0.2) is 42.5 Å². The lowest BCUT2D eigenvalue weighted by Gasteiger charge is -2.10. The smallest absolute Gasteiger partial charge is 0.129 e. The molecular formula is C14H12ClN3OS. The van der Waals surface area contributed by atoms with Gasteiger partial charge in [-0.15, -0.1) is 0 Å². The molecule has 102 valence electrons. The maximum atomic E-state index is 6.19. The van der Waals surface area contributed by atoms with Crippen LogP contribution in [0.3, 0.4) is 0 Å². The summed E-state index contributed by atoms with van der Waals surface area (Å²) in [5, 5.41) is 3.90. The van der Waals surface area contributed by atoms with Crippen molar-refractivity contribution in [2.75, 3.05) is 18.5 Å². The van der Waals surface area contributed by atoms with Crippen molar-refractivity contribution >= 4 is 40.0 Å². The van der Waals surface area contributed by atoms with Gasteiger partial charge in [-0.2, -0.15) is 8.75 Å². The maximum absolute atomic E-state index is 6.19. The molecule has 1 heterocycles. The number of hydrogen-bond donors (Lipinski definition) is 1. The molecule has 0 saturated heterocycles. The molecule has 0 radical (unpaired) electrons. The third-order valence-corrected chi connectivity index (χ3v) is 3.65. The van der Waals surface area contributed by atoms with E-state index in [2.05, 4.69) is 14.1 Å². The first-order valence-corrected chi connectivity index (χ1v) is 7.28. The molecule has 2 aromatic carbocycles. The first-order chi connectivity index (χ1) is 9.84. The average Bonchev–Trinajstić information content (AvgIpc) is 2.95. The van der Waals surface area contributed by atoms with Crippen molar-refractivity contribution in [1.82, 2.24) is 8.75 Å². The second kappa shape index (κ2) is 6.07. The molecule has 0 aliphatic carbocycles. The number of aromatic nitrogens is 2. The summed E-state index contributed by atoms with van der Waals surface area (Å²) in [5.74, 6) is 0.855. The monoisotopic (exact) mass is 305 g/mol. The largest absolute Gasteiger partial charge is 0.492 e. The van der Waals surface area contributed by atoms with Crippen molar-refractivity contribution in [2.24, 2.45) is 0 Å². The molecule has 0 saturated carbocycles. The Balaban J connectivity index is 1.63. The highest BCUT2D eigenvalue weighted by Crippen LogP contribution is 2.29. The fourth-order valence-electron chi connectivity index (χ4n) is 1.86. The Bertz CT molecular complexity index is 702. The van der Waals surface area contributed by atoms with Gasteiger partial charge >= 0.3 is 0 Å². The van der Waals surface area contributed by atoms with E-state index in [0.717, 1.165) is 22.5 Å². The van der Waals surface area contributed by atoms with Crippen molar-refractivity contribution in [1.29, 1.82) is 0 Å². The Labute approximate surface area is 125 Å². The molecule has 0 aliphatic rings. The lowest BCUT2D eigenvalue weighted by Crippen LogP contribution is -2.12. The summed E-state index contributed by atoms with van der Waals surface area (Å²) >= 11 is 7.37. The number of fused-ring (bicyclic) bond motifs is 1. The van der Waals surface area contributed by atoms with E-state index in [0.29, 0.717) is 18.2 Å². The number of benzene rings is 2. The van der Waals surface area contributed by atoms with Crippen molar-refractivity contribution in [3.63, 3.8) is 0 Å². The van der Waals surface area contributed by atoms with Crippen LogP contribution in [0.5, 0.6) is 5.75 Å². The van der Waals surface area contributed by atoms with Crippen molar-refractivity contribution in [3.05, 3.63) is 47.5 Å². The first kappa shape index (κ1) is 13.1. The predicted molar refractivity (Wildman–Crippen MR) is 82.9 cm³/mol. The Morgan fingerprint density at radius 1 is 1.10 bits per heavy atom. The Morgan fingerprint density at radius 3 is 2.80 bits per heavy atom. The van der Waals surface area contributed by atoms with E-state index >= 15 is 0 Å². The number of halogens is 1. The topological polar surface area (TPSA) is 47.0 Å². The SMILES string of the molecule is Clc1ccc2nsnc2c1NCCOc1ccccc1. The molecule has 3 rings (SSSR count). The zero-order valence-electron chi connectivity index (χ0n) is 10.5. The minimum absolute atomic E-state index is 0.550. The number of para-hydroxylation sites is 1. The van der Waals surface area contributed by atoms with Crippen LogP contribution in [0, 0.1) is 0 Å². The van der Waals surface area contributed by atoms with Gasteiger partial charge in [0.15, 0.2) is 0 Å². The molecule has 3 aromatic rings. The van der Waals surface area contributed by atoms with Crippen LogP contribution in [0.4, 0.5) is 5.69 Å². The quantitative estimate of drug-likeness (QED) is 0.728. The second-order valence-corrected chi connectivity index (χ2v) is 5.08. The Morgan fingerprint density at radius 2 is 1.95 bits per heavy atom. The molecule has 0 amide bonds. The molecule has 0 spiro atoms. The first-order valence-electron chi connectivity index (χ1n) is 6.17. The standard InChI is InChI=1S/C14H12ClN3OS/c15-11-6-7-12-14(18-20-17-12)13(11)16-8-9-19-10-4-2-1-3-5-10/h1-7,16H,8-9H2. The Hall–Kier alpha value is -1.85. The van der Waals surface area contributed by atoms with Gasteiger partial charge in [-0.1, -0.05) is 29.8 Å². The van der Waals surface area contributed by atoms with E-state index in [1.54, 1.807) is 0 Å². The third-order valence-electron chi connectivity index (χ3n) is 2.79. The van der Waals surface area contributed by atoms with E-state index in [-0.39, 0.29) is 0 Å². The van der Waals surface area contributed by atoms with Crippen LogP contribution in [0.2, 0.25) is 5.02 Å². The van der Waals surface area contributed by atoms with Crippen LogP contribution in [-0.4, -0.2) is 21.9 Å². The van der Waals surface area contributed by atoms with Crippen molar-refractivity contribution < 1.29 is 4.74 Å². The van der Waals surface area contributed by atoms with E-state index < -0.39 is 0 Å². The van der Waals surface area contributed by atoms with Crippen LogP contribution in [-0.2, 0) is 0 Å². The summed E-state index contributed by atoms with van der Waals surface area (Å²) in [4.78, 5) is 0. The molecule has 0 aliphatic heterocycles. The predicted octanol–water partition coefficient (Wildman–Crippen LogP) is 3.84. The molecule has 1 aromatic heterocycles. The summed E-state index contributed by atoms with van der Waals surface area (Å²) in [6, 6.07) is 13.4. The normalized spacial score (nSPS) is 10.7. The molecule has 0 unspecified atom stereocenters. The average molecular weight is 306 g/mol. The zero-order chi connectivity index (χ0) is 13.8. The highest BCUT2D eigenvalue weighted by Gasteiger charge is 2.09. The molecule has 4 nitrogen and oxygen atoms in total. The molecule has 0 atom stereocenters. The molecule has 0 fully saturated rings. The van der Waals surface area contributed by atoms with Gasteiger partial charge in [0, 0.05) is 6.54 Å². The van der Waals surface area contributed by atoms with E-state index in [4.69, 9.17) is 16.3 Å². The van der Waals surface area contributed by atoms with Gasteiger partial charge in [-0.05, 0) is 24.3 Å². The number of hydrogen-bond acceptors (Lipinski definition) is 5. The van der Waals surface area contributed by atoms with Gasteiger partial charge in [0.05, 0.1) is 22.4 Å². The highest BCUT2D eigenvalue weighted by molar-refractivity contribution is 7.00. The summed E-state index contributed by atoms with van der Waals surface area (Å²) in [7, 11) is 0. The zero-order valence-corrected chi connectivity index (χ0v) is 12.1. The van der Waals surface area contributed by atoms with Gasteiger partial charge in [-0.25, -0.2) is 0 Å². The van der Waals surface area contributed by atoms with Gasteiger partial charge in [0.2, 0.25) is 0 Å². The maximum Gasteiger partial charge on any atom is 0.129 e. The Kier molecular flexibility index (Phi) is 3.99. The summed E-state index contributed by atoms with van der Waals surface area (Å²) in [5.41, 5.74) is 2.47. The van der Waals surface area contributed by atoms with E-state index in [1.807, 2.05) is 42.5 Å². The number of nitrogens with one attached hydrogen (secondary N) is 1. The molecular weight excluding hydrogens is 294 g/mol. The fraction of sp³-hybridized carbons (Fsp3) is 0.143. The minimum atomic E-state index is 0.550.